The fraction of sp³-hybridized carbons (Fsp3) is 0.167. The number of nitrogens with zero attached hydrogens (tertiary/aromatic N) is 1. The molecule has 0 aliphatic rings. The number of aromatic amines is 1. The van der Waals surface area contributed by atoms with Gasteiger partial charge in [-0.3, -0.25) is 0 Å². The van der Waals surface area contributed by atoms with Crippen LogP contribution in [0.25, 0.3) is 23.1 Å². The van der Waals surface area contributed by atoms with Crippen molar-refractivity contribution in [3.63, 3.8) is 0 Å². The maximum absolute atomic E-state index is 5.30. The summed E-state index contributed by atoms with van der Waals surface area (Å²) in [5, 5.41) is 1.17. The van der Waals surface area contributed by atoms with Crippen LogP contribution >= 0.6 is 0 Å². The third-order valence-electron chi connectivity index (χ3n) is 3.88. The highest BCUT2D eigenvalue weighted by molar-refractivity contribution is 5.92. The van der Waals surface area contributed by atoms with E-state index in [1.54, 1.807) is 7.11 Å². The molecule has 3 aromatic rings. The van der Waals surface area contributed by atoms with Crippen molar-refractivity contribution in [2.24, 2.45) is 7.05 Å². The number of H-pyrrole nitrogens is 1. The summed E-state index contributed by atoms with van der Waals surface area (Å²) in [5.74, 6) is 0.873. The van der Waals surface area contributed by atoms with E-state index in [1.165, 1.54) is 16.8 Å². The van der Waals surface area contributed by atoms with Crippen LogP contribution in [0, 0.1) is 6.92 Å². The number of methoxy groups -OCH3 is 1. The molecule has 0 radical (unpaired) electrons. The van der Waals surface area contributed by atoms with Crippen LogP contribution in [-0.2, 0) is 7.05 Å². The number of fused-ring (bicyclic) bond motifs is 1. The van der Waals surface area contributed by atoms with Gasteiger partial charge < -0.3 is 9.72 Å². The predicted octanol–water partition coefficient (Wildman–Crippen LogP) is 3.48. The molecule has 1 aromatic carbocycles. The smallest absolute Gasteiger partial charge is 0.205 e. The number of pyridine rings is 1. The van der Waals surface area contributed by atoms with Gasteiger partial charge in [-0.2, -0.15) is 4.57 Å². The number of hydrogen-bond donors (Lipinski definition) is 1. The van der Waals surface area contributed by atoms with Crippen LogP contribution < -0.4 is 9.30 Å². The van der Waals surface area contributed by atoms with E-state index < -0.39 is 0 Å². The molecule has 1 N–H and O–H groups in total. The number of benzene rings is 1. The van der Waals surface area contributed by atoms with E-state index in [0.717, 1.165) is 16.8 Å². The fourth-order valence-corrected chi connectivity index (χ4v) is 2.44. The van der Waals surface area contributed by atoms with Crippen LogP contribution in [0.1, 0.15) is 17.0 Å². The molecule has 3 nitrogen and oxygen atoms in total. The van der Waals surface area contributed by atoms with E-state index in [2.05, 4.69) is 59.9 Å². The minimum atomic E-state index is 0.873. The Hall–Kier alpha value is -2.55. The summed E-state index contributed by atoms with van der Waals surface area (Å²) in [6.45, 7) is 2.11. The fourth-order valence-electron chi connectivity index (χ4n) is 2.44. The van der Waals surface area contributed by atoms with Gasteiger partial charge in [0.25, 0.3) is 0 Å². The van der Waals surface area contributed by atoms with E-state index in [0.29, 0.717) is 0 Å². The summed E-state index contributed by atoms with van der Waals surface area (Å²) in [6.07, 6.45) is 6.29. The standard InChI is InChI=1S/C18H18N2O/c1-13-5-4-6-15(20(13)2)8-7-14-12-19-18-10-9-16(21-3)11-17(14)18/h4-12H,1-3H3/p+1. The van der Waals surface area contributed by atoms with Crippen LogP contribution in [0.3, 0.4) is 0 Å². The molecule has 0 aliphatic heterocycles. The molecule has 0 aliphatic carbocycles. The highest BCUT2D eigenvalue weighted by Gasteiger charge is 2.06. The largest absolute Gasteiger partial charge is 0.497 e. The second-order valence-corrected chi connectivity index (χ2v) is 5.14. The van der Waals surface area contributed by atoms with E-state index >= 15 is 0 Å². The monoisotopic (exact) mass is 279 g/mol. The second kappa shape index (κ2) is 5.44. The van der Waals surface area contributed by atoms with Gasteiger partial charge >= 0.3 is 0 Å². The van der Waals surface area contributed by atoms with Crippen LogP contribution in [0.4, 0.5) is 0 Å². The summed E-state index contributed by atoms with van der Waals surface area (Å²) in [7, 11) is 3.77. The molecule has 0 bridgehead atoms. The topological polar surface area (TPSA) is 28.9 Å². The van der Waals surface area contributed by atoms with Gasteiger partial charge in [0.15, 0.2) is 5.69 Å². The van der Waals surface area contributed by atoms with Gasteiger partial charge in [-0.25, -0.2) is 0 Å². The zero-order valence-electron chi connectivity index (χ0n) is 12.6. The predicted molar refractivity (Wildman–Crippen MR) is 86.1 cm³/mol. The van der Waals surface area contributed by atoms with E-state index in [4.69, 9.17) is 4.74 Å². The molecular formula is C18H19N2O+. The Morgan fingerprint density at radius 2 is 2.00 bits per heavy atom. The highest BCUT2D eigenvalue weighted by atomic mass is 16.5. The first-order valence-corrected chi connectivity index (χ1v) is 6.98. The normalized spacial score (nSPS) is 11.4. The van der Waals surface area contributed by atoms with Gasteiger partial charge in [0, 0.05) is 47.8 Å². The Morgan fingerprint density at radius 1 is 1.14 bits per heavy atom. The van der Waals surface area contributed by atoms with Crippen molar-refractivity contribution in [2.75, 3.05) is 7.11 Å². The molecule has 21 heavy (non-hydrogen) atoms. The van der Waals surface area contributed by atoms with E-state index in [9.17, 15) is 0 Å². The summed E-state index contributed by atoms with van der Waals surface area (Å²) in [4.78, 5) is 3.29. The molecule has 3 heteroatoms. The van der Waals surface area contributed by atoms with E-state index in [-0.39, 0.29) is 0 Å². The molecule has 0 saturated heterocycles. The zero-order valence-corrected chi connectivity index (χ0v) is 12.6. The Balaban J connectivity index is 2.01. The lowest BCUT2D eigenvalue weighted by molar-refractivity contribution is -0.679. The van der Waals surface area contributed by atoms with Crippen molar-refractivity contribution >= 4 is 23.1 Å². The number of rotatable bonds is 3. The summed E-state index contributed by atoms with van der Waals surface area (Å²) < 4.78 is 7.47. The van der Waals surface area contributed by atoms with Crippen LogP contribution in [0.15, 0.2) is 42.6 Å². The van der Waals surface area contributed by atoms with Gasteiger partial charge in [0.1, 0.15) is 12.8 Å². The Morgan fingerprint density at radius 3 is 2.81 bits per heavy atom. The number of aromatic nitrogens is 2. The van der Waals surface area contributed by atoms with Crippen LogP contribution in [-0.4, -0.2) is 12.1 Å². The van der Waals surface area contributed by atoms with Gasteiger partial charge in [-0.1, -0.05) is 0 Å². The first kappa shape index (κ1) is 13.4. The van der Waals surface area contributed by atoms with Crippen molar-refractivity contribution in [1.29, 1.82) is 0 Å². The Kier molecular flexibility index (Phi) is 3.48. The highest BCUT2D eigenvalue weighted by Crippen LogP contribution is 2.24. The average molecular weight is 279 g/mol. The lowest BCUT2D eigenvalue weighted by Crippen LogP contribution is -2.34. The zero-order chi connectivity index (χ0) is 14.8. The lowest BCUT2D eigenvalue weighted by Gasteiger charge is -2.00. The molecule has 106 valence electrons. The average Bonchev–Trinajstić information content (AvgIpc) is 2.91. The maximum Gasteiger partial charge on any atom is 0.205 e. The molecule has 0 amide bonds. The third kappa shape index (κ3) is 2.55. The number of aryl methyl sites for hydroxylation is 1. The molecule has 0 atom stereocenters. The van der Waals surface area contributed by atoms with E-state index in [1.807, 2.05) is 18.3 Å². The lowest BCUT2D eigenvalue weighted by atomic mass is 10.1. The minimum absolute atomic E-state index is 0.873. The second-order valence-electron chi connectivity index (χ2n) is 5.14. The first-order valence-electron chi connectivity index (χ1n) is 6.98. The van der Waals surface area contributed by atoms with Crippen molar-refractivity contribution in [2.45, 2.75) is 6.92 Å². The third-order valence-corrected chi connectivity index (χ3v) is 3.88. The Bertz CT molecular complexity index is 815. The molecule has 3 rings (SSSR count). The molecule has 0 saturated carbocycles. The molecule has 0 spiro atoms. The quantitative estimate of drug-likeness (QED) is 0.731. The summed E-state index contributed by atoms with van der Waals surface area (Å²) in [6, 6.07) is 12.4. The van der Waals surface area contributed by atoms with Crippen molar-refractivity contribution in [3.8, 4) is 5.75 Å². The van der Waals surface area contributed by atoms with Gasteiger partial charge in [-0.15, -0.1) is 0 Å². The van der Waals surface area contributed by atoms with Crippen LogP contribution in [0.2, 0.25) is 0 Å². The number of nitrogens with one attached hydrogen (secondary N) is 1. The molecule has 2 heterocycles. The van der Waals surface area contributed by atoms with Gasteiger partial charge in [0.2, 0.25) is 5.69 Å². The number of hydrogen-bond acceptors (Lipinski definition) is 1. The summed E-state index contributed by atoms with van der Waals surface area (Å²) >= 11 is 0. The SMILES string of the molecule is COc1ccc2[nH]cc(/C=C/c3cccc(C)[n+]3C)c2c1. The first-order chi connectivity index (χ1) is 10.2. The van der Waals surface area contributed by atoms with Gasteiger partial charge in [0.05, 0.1) is 7.11 Å². The number of ether oxygens (including phenoxy) is 1. The maximum atomic E-state index is 5.30. The Labute approximate surface area is 124 Å². The molecular weight excluding hydrogens is 260 g/mol. The summed E-state index contributed by atoms with van der Waals surface area (Å²) in [5.41, 5.74) is 4.68. The molecule has 2 aromatic heterocycles. The van der Waals surface area contributed by atoms with Crippen molar-refractivity contribution in [3.05, 3.63) is 59.5 Å². The minimum Gasteiger partial charge on any atom is -0.497 e. The van der Waals surface area contributed by atoms with Crippen LogP contribution in [0.5, 0.6) is 5.75 Å². The molecule has 0 fully saturated rings. The van der Waals surface area contributed by atoms with Gasteiger partial charge in [-0.05, 0) is 30.3 Å². The van der Waals surface area contributed by atoms with Crippen molar-refractivity contribution < 1.29 is 9.30 Å². The van der Waals surface area contributed by atoms with Crippen molar-refractivity contribution in [1.82, 2.24) is 4.98 Å². The molecule has 0 unspecified atom stereocenters.